The maximum Gasteiger partial charge on any atom is 0.154 e. The third kappa shape index (κ3) is 3.48. The number of nitrogens with one attached hydrogen (secondary N) is 1. The first kappa shape index (κ1) is 12.9. The van der Waals surface area contributed by atoms with Gasteiger partial charge in [-0.05, 0) is 25.3 Å². The Hall–Kier alpha value is -1.07. The molecular weight excluding hydrogens is 262 g/mol. The van der Waals surface area contributed by atoms with Crippen LogP contribution in [0.5, 0.6) is 5.75 Å². The number of sulfone groups is 1. The minimum absolute atomic E-state index is 0.150. The van der Waals surface area contributed by atoms with E-state index in [1.54, 1.807) is 0 Å². The number of hydrogen-bond donors (Lipinski definition) is 1. The highest BCUT2D eigenvalue weighted by Crippen LogP contribution is 2.25. The second-order valence-corrected chi connectivity index (χ2v) is 7.63. The molecule has 0 bridgehead atoms. The lowest BCUT2D eigenvalue weighted by Gasteiger charge is -2.16. The van der Waals surface area contributed by atoms with E-state index in [4.69, 9.17) is 4.74 Å². The Bertz CT molecular complexity index is 552. The van der Waals surface area contributed by atoms with E-state index < -0.39 is 9.84 Å². The van der Waals surface area contributed by atoms with Crippen LogP contribution in [0, 0.1) is 0 Å². The molecule has 2 aliphatic rings. The van der Waals surface area contributed by atoms with Crippen LogP contribution >= 0.6 is 0 Å². The number of rotatable bonds is 5. The van der Waals surface area contributed by atoms with Crippen LogP contribution in [0.2, 0.25) is 0 Å². The summed E-state index contributed by atoms with van der Waals surface area (Å²) in [7, 11) is -2.88. The van der Waals surface area contributed by atoms with Gasteiger partial charge in [0.25, 0.3) is 0 Å². The van der Waals surface area contributed by atoms with Crippen LogP contribution in [0.15, 0.2) is 24.3 Å². The second kappa shape index (κ2) is 5.13. The van der Waals surface area contributed by atoms with E-state index >= 15 is 0 Å². The Morgan fingerprint density at radius 3 is 2.68 bits per heavy atom. The van der Waals surface area contributed by atoms with Crippen molar-refractivity contribution in [3.8, 4) is 5.75 Å². The van der Waals surface area contributed by atoms with Crippen molar-refractivity contribution >= 4 is 9.84 Å². The SMILES string of the molecule is O=S1(=O)CCC(Oc2ccccc2CNC2CC2)C1. The summed E-state index contributed by atoms with van der Waals surface area (Å²) in [5, 5.41) is 3.46. The van der Waals surface area contributed by atoms with Gasteiger partial charge in [-0.1, -0.05) is 18.2 Å². The topological polar surface area (TPSA) is 55.4 Å². The van der Waals surface area contributed by atoms with Crippen LogP contribution in [0.25, 0.3) is 0 Å². The van der Waals surface area contributed by atoms with Crippen molar-refractivity contribution in [3.63, 3.8) is 0 Å². The molecule has 0 spiro atoms. The monoisotopic (exact) mass is 281 g/mol. The van der Waals surface area contributed by atoms with E-state index in [1.807, 2.05) is 24.3 Å². The van der Waals surface area contributed by atoms with Crippen molar-refractivity contribution in [2.45, 2.75) is 38.0 Å². The van der Waals surface area contributed by atoms with Crippen molar-refractivity contribution < 1.29 is 13.2 Å². The molecule has 0 radical (unpaired) electrons. The molecule has 1 unspecified atom stereocenters. The Labute approximate surface area is 114 Å². The van der Waals surface area contributed by atoms with E-state index in [1.165, 1.54) is 12.8 Å². The zero-order valence-corrected chi connectivity index (χ0v) is 11.7. The van der Waals surface area contributed by atoms with Crippen molar-refractivity contribution in [2.24, 2.45) is 0 Å². The number of hydrogen-bond acceptors (Lipinski definition) is 4. The van der Waals surface area contributed by atoms with E-state index in [0.29, 0.717) is 12.5 Å². The summed E-state index contributed by atoms with van der Waals surface area (Å²) < 4.78 is 28.8. The lowest BCUT2D eigenvalue weighted by Crippen LogP contribution is -2.20. The van der Waals surface area contributed by atoms with Gasteiger partial charge in [0.15, 0.2) is 9.84 Å². The molecule has 1 saturated heterocycles. The van der Waals surface area contributed by atoms with Gasteiger partial charge in [-0.25, -0.2) is 8.42 Å². The zero-order valence-electron chi connectivity index (χ0n) is 10.8. The fourth-order valence-corrected chi connectivity index (χ4v) is 3.93. The maximum atomic E-state index is 11.4. The van der Waals surface area contributed by atoms with Gasteiger partial charge in [-0.2, -0.15) is 0 Å². The minimum Gasteiger partial charge on any atom is -0.489 e. The molecule has 1 atom stereocenters. The molecule has 104 valence electrons. The zero-order chi connectivity index (χ0) is 13.3. The maximum absolute atomic E-state index is 11.4. The van der Waals surface area contributed by atoms with Gasteiger partial charge >= 0.3 is 0 Å². The Morgan fingerprint density at radius 2 is 2.00 bits per heavy atom. The van der Waals surface area contributed by atoms with Crippen molar-refractivity contribution in [3.05, 3.63) is 29.8 Å². The summed E-state index contributed by atoms with van der Waals surface area (Å²) in [6.45, 7) is 0.792. The van der Waals surface area contributed by atoms with E-state index in [-0.39, 0.29) is 17.6 Å². The first-order valence-electron chi connectivity index (χ1n) is 6.81. The first-order chi connectivity index (χ1) is 9.12. The smallest absolute Gasteiger partial charge is 0.154 e. The molecule has 19 heavy (non-hydrogen) atoms. The standard InChI is InChI=1S/C14H19NO3S/c16-19(17)8-7-13(10-19)18-14-4-2-1-3-11(14)9-15-12-5-6-12/h1-4,12-13,15H,5-10H2. The average Bonchev–Trinajstić information content (AvgIpc) is 3.13. The van der Waals surface area contributed by atoms with Gasteiger partial charge in [0, 0.05) is 18.2 Å². The normalized spacial score (nSPS) is 25.4. The van der Waals surface area contributed by atoms with E-state index in [0.717, 1.165) is 17.9 Å². The fourth-order valence-electron chi connectivity index (χ4n) is 2.34. The number of benzene rings is 1. The van der Waals surface area contributed by atoms with E-state index in [9.17, 15) is 8.42 Å². The van der Waals surface area contributed by atoms with Gasteiger partial charge in [0.05, 0.1) is 11.5 Å². The molecule has 1 aliphatic carbocycles. The minimum atomic E-state index is -2.88. The lowest BCUT2D eigenvalue weighted by molar-refractivity contribution is 0.226. The molecule has 3 rings (SSSR count). The number of para-hydroxylation sites is 1. The molecule has 1 aliphatic heterocycles. The molecule has 1 N–H and O–H groups in total. The van der Waals surface area contributed by atoms with E-state index in [2.05, 4.69) is 5.32 Å². The third-order valence-electron chi connectivity index (χ3n) is 3.62. The molecule has 5 heteroatoms. The Morgan fingerprint density at radius 1 is 1.21 bits per heavy atom. The van der Waals surface area contributed by atoms with Crippen LogP contribution in [0.1, 0.15) is 24.8 Å². The average molecular weight is 281 g/mol. The largest absolute Gasteiger partial charge is 0.489 e. The quantitative estimate of drug-likeness (QED) is 0.889. The predicted octanol–water partition coefficient (Wildman–Crippen LogP) is 1.50. The molecule has 1 aromatic rings. The Balaban J connectivity index is 1.66. The molecule has 1 saturated carbocycles. The van der Waals surface area contributed by atoms with Gasteiger partial charge in [0.2, 0.25) is 0 Å². The van der Waals surface area contributed by atoms with Crippen molar-refractivity contribution in [1.82, 2.24) is 5.32 Å². The molecule has 4 nitrogen and oxygen atoms in total. The summed E-state index contributed by atoms with van der Waals surface area (Å²) in [5.74, 6) is 1.22. The highest BCUT2D eigenvalue weighted by molar-refractivity contribution is 7.91. The molecule has 0 amide bonds. The van der Waals surface area contributed by atoms with Crippen LogP contribution in [0.3, 0.4) is 0 Å². The third-order valence-corrected chi connectivity index (χ3v) is 5.35. The fraction of sp³-hybridized carbons (Fsp3) is 0.571. The van der Waals surface area contributed by atoms with Crippen molar-refractivity contribution in [1.29, 1.82) is 0 Å². The second-order valence-electron chi connectivity index (χ2n) is 5.41. The lowest BCUT2D eigenvalue weighted by atomic mass is 10.2. The highest BCUT2D eigenvalue weighted by Gasteiger charge is 2.30. The predicted molar refractivity (Wildman–Crippen MR) is 74.0 cm³/mol. The van der Waals surface area contributed by atoms with Gasteiger partial charge < -0.3 is 10.1 Å². The molecular formula is C14H19NO3S. The highest BCUT2D eigenvalue weighted by atomic mass is 32.2. The summed E-state index contributed by atoms with van der Waals surface area (Å²) in [6, 6.07) is 8.53. The van der Waals surface area contributed by atoms with Crippen LogP contribution in [0.4, 0.5) is 0 Å². The molecule has 1 heterocycles. The van der Waals surface area contributed by atoms with Crippen LogP contribution < -0.4 is 10.1 Å². The van der Waals surface area contributed by atoms with Gasteiger partial charge in [-0.15, -0.1) is 0 Å². The van der Waals surface area contributed by atoms with Crippen LogP contribution in [-0.2, 0) is 16.4 Å². The van der Waals surface area contributed by atoms with Gasteiger partial charge in [-0.3, -0.25) is 0 Å². The summed E-state index contributed by atoms with van der Waals surface area (Å²) >= 11 is 0. The summed E-state index contributed by atoms with van der Waals surface area (Å²) in [4.78, 5) is 0. The number of ether oxygens (including phenoxy) is 1. The molecule has 2 fully saturated rings. The molecule has 0 aromatic heterocycles. The Kier molecular flexibility index (Phi) is 3.50. The summed E-state index contributed by atoms with van der Waals surface area (Å²) in [5.41, 5.74) is 1.11. The summed E-state index contributed by atoms with van der Waals surface area (Å²) in [6.07, 6.45) is 2.92. The van der Waals surface area contributed by atoms with Gasteiger partial charge in [0.1, 0.15) is 11.9 Å². The molecule has 1 aromatic carbocycles. The van der Waals surface area contributed by atoms with Crippen LogP contribution in [-0.4, -0.2) is 32.1 Å². The van der Waals surface area contributed by atoms with Crippen molar-refractivity contribution in [2.75, 3.05) is 11.5 Å². The first-order valence-corrected chi connectivity index (χ1v) is 8.63.